The van der Waals surface area contributed by atoms with Gasteiger partial charge >= 0.3 is 0 Å². The summed E-state index contributed by atoms with van der Waals surface area (Å²) in [4.78, 5) is 27.8. The van der Waals surface area contributed by atoms with Gasteiger partial charge in [0, 0.05) is 12.1 Å². The van der Waals surface area contributed by atoms with E-state index >= 15 is 0 Å². The van der Waals surface area contributed by atoms with Gasteiger partial charge in [-0.2, -0.15) is 0 Å². The fraction of sp³-hybridized carbons (Fsp3) is 0.636. The van der Waals surface area contributed by atoms with Gasteiger partial charge in [-0.15, -0.1) is 11.6 Å². The van der Waals surface area contributed by atoms with Crippen LogP contribution < -0.4 is 14.8 Å². The predicted molar refractivity (Wildman–Crippen MR) is 112 cm³/mol. The Kier molecular flexibility index (Phi) is 7.28. The van der Waals surface area contributed by atoms with Crippen LogP contribution in [0.2, 0.25) is 0 Å². The number of benzene rings is 1. The molecule has 0 aromatic heterocycles. The van der Waals surface area contributed by atoms with Crippen LogP contribution in [0.25, 0.3) is 0 Å². The SMILES string of the molecule is COc1ccc([C@H](C(=O)NC2CCC(C)CC2)N(C(=O)CCl)C2CC2)cc1OC. The second-order valence-electron chi connectivity index (χ2n) is 8.15. The summed E-state index contributed by atoms with van der Waals surface area (Å²) in [7, 11) is 3.13. The number of hydrogen-bond donors (Lipinski definition) is 1. The summed E-state index contributed by atoms with van der Waals surface area (Å²) in [5, 5.41) is 3.20. The molecule has 0 unspecified atom stereocenters. The van der Waals surface area contributed by atoms with Gasteiger partial charge in [-0.1, -0.05) is 13.0 Å². The number of amides is 2. The van der Waals surface area contributed by atoms with Crippen molar-refractivity contribution in [2.45, 2.75) is 63.6 Å². The number of methoxy groups -OCH3 is 2. The van der Waals surface area contributed by atoms with E-state index in [2.05, 4.69) is 12.2 Å². The van der Waals surface area contributed by atoms with E-state index in [1.165, 1.54) is 0 Å². The summed E-state index contributed by atoms with van der Waals surface area (Å²) >= 11 is 5.90. The first-order chi connectivity index (χ1) is 14.0. The Morgan fingerprint density at radius 1 is 1.10 bits per heavy atom. The van der Waals surface area contributed by atoms with E-state index in [1.54, 1.807) is 31.3 Å². The summed E-state index contributed by atoms with van der Waals surface area (Å²) in [5.41, 5.74) is 0.703. The van der Waals surface area contributed by atoms with Crippen molar-refractivity contribution in [3.05, 3.63) is 23.8 Å². The monoisotopic (exact) mass is 422 g/mol. The molecule has 1 aromatic carbocycles. The lowest BCUT2D eigenvalue weighted by atomic mass is 9.87. The molecular formula is C22H31ClN2O4. The number of carbonyl (C=O) groups is 2. The van der Waals surface area contributed by atoms with Crippen molar-refractivity contribution >= 4 is 23.4 Å². The Hall–Kier alpha value is -1.95. The molecule has 1 atom stereocenters. The average molecular weight is 423 g/mol. The quantitative estimate of drug-likeness (QED) is 0.649. The molecule has 7 heteroatoms. The van der Waals surface area contributed by atoms with Crippen molar-refractivity contribution in [2.75, 3.05) is 20.1 Å². The Bertz CT molecular complexity index is 730. The normalized spacial score (nSPS) is 22.5. The van der Waals surface area contributed by atoms with Gasteiger partial charge in [0.15, 0.2) is 11.5 Å². The van der Waals surface area contributed by atoms with Crippen LogP contribution in [0.4, 0.5) is 0 Å². The molecule has 2 aliphatic carbocycles. The third-order valence-electron chi connectivity index (χ3n) is 5.95. The van der Waals surface area contributed by atoms with Gasteiger partial charge in [-0.05, 0) is 62.1 Å². The largest absolute Gasteiger partial charge is 0.493 e. The van der Waals surface area contributed by atoms with Crippen LogP contribution in [0.15, 0.2) is 18.2 Å². The van der Waals surface area contributed by atoms with Crippen LogP contribution in [0.3, 0.4) is 0 Å². The van der Waals surface area contributed by atoms with E-state index in [4.69, 9.17) is 21.1 Å². The summed E-state index contributed by atoms with van der Waals surface area (Å²) in [6.45, 7) is 2.25. The number of ether oxygens (including phenoxy) is 2. The van der Waals surface area contributed by atoms with Crippen LogP contribution >= 0.6 is 11.6 Å². The van der Waals surface area contributed by atoms with Crippen LogP contribution in [-0.2, 0) is 9.59 Å². The Morgan fingerprint density at radius 3 is 2.31 bits per heavy atom. The Morgan fingerprint density at radius 2 is 1.76 bits per heavy atom. The minimum atomic E-state index is -0.729. The maximum Gasteiger partial charge on any atom is 0.247 e. The van der Waals surface area contributed by atoms with Crippen molar-refractivity contribution in [1.29, 1.82) is 0 Å². The zero-order valence-electron chi connectivity index (χ0n) is 17.4. The van der Waals surface area contributed by atoms with Crippen LogP contribution in [0.1, 0.15) is 57.1 Å². The second-order valence-corrected chi connectivity index (χ2v) is 8.42. The third-order valence-corrected chi connectivity index (χ3v) is 6.18. The first-order valence-electron chi connectivity index (χ1n) is 10.4. The molecule has 2 saturated carbocycles. The van der Waals surface area contributed by atoms with Gasteiger partial charge in [0.25, 0.3) is 0 Å². The fourth-order valence-corrected chi connectivity index (χ4v) is 4.26. The molecule has 29 heavy (non-hydrogen) atoms. The standard InChI is InChI=1S/C22H31ClN2O4/c1-14-4-7-16(8-5-14)24-22(27)21(25(17-9-10-17)20(26)13-23)15-6-11-18(28-2)19(12-15)29-3/h6,11-12,14,16-17,21H,4-5,7-10,13H2,1-3H3,(H,24,27)/t14?,16?,21-/m1/s1. The molecule has 0 heterocycles. The highest BCUT2D eigenvalue weighted by molar-refractivity contribution is 6.27. The Labute approximate surface area is 177 Å². The molecule has 0 spiro atoms. The zero-order valence-corrected chi connectivity index (χ0v) is 18.2. The van der Waals surface area contributed by atoms with Gasteiger partial charge in [0.1, 0.15) is 11.9 Å². The smallest absolute Gasteiger partial charge is 0.247 e. The highest BCUT2D eigenvalue weighted by Gasteiger charge is 2.41. The summed E-state index contributed by atoms with van der Waals surface area (Å²) in [6.07, 6.45) is 5.94. The lowest BCUT2D eigenvalue weighted by Gasteiger charge is -2.34. The molecule has 0 aliphatic heterocycles. The number of alkyl halides is 1. The van der Waals surface area contributed by atoms with Gasteiger partial charge in [0.05, 0.1) is 14.2 Å². The van der Waals surface area contributed by atoms with Gasteiger partial charge in [-0.25, -0.2) is 0 Å². The summed E-state index contributed by atoms with van der Waals surface area (Å²) < 4.78 is 10.7. The van der Waals surface area contributed by atoms with E-state index in [-0.39, 0.29) is 29.8 Å². The molecule has 2 aliphatic rings. The highest BCUT2D eigenvalue weighted by Crippen LogP contribution is 2.38. The maximum absolute atomic E-state index is 13.4. The molecule has 2 fully saturated rings. The van der Waals surface area contributed by atoms with Crippen molar-refractivity contribution in [3.8, 4) is 11.5 Å². The van der Waals surface area contributed by atoms with Gasteiger partial charge in [-0.3, -0.25) is 9.59 Å². The van der Waals surface area contributed by atoms with Crippen molar-refractivity contribution in [1.82, 2.24) is 10.2 Å². The first kappa shape index (κ1) is 21.8. The Balaban J connectivity index is 1.91. The molecule has 160 valence electrons. The van der Waals surface area contributed by atoms with Crippen molar-refractivity contribution < 1.29 is 19.1 Å². The minimum Gasteiger partial charge on any atom is -0.493 e. The highest BCUT2D eigenvalue weighted by atomic mass is 35.5. The lowest BCUT2D eigenvalue weighted by Crippen LogP contribution is -2.48. The number of nitrogens with zero attached hydrogens (tertiary/aromatic N) is 1. The van der Waals surface area contributed by atoms with Crippen LogP contribution in [-0.4, -0.2) is 48.9 Å². The maximum atomic E-state index is 13.4. The van der Waals surface area contributed by atoms with Gasteiger partial charge in [0.2, 0.25) is 11.8 Å². The molecule has 0 radical (unpaired) electrons. The van der Waals surface area contributed by atoms with E-state index in [1.807, 2.05) is 6.07 Å². The van der Waals surface area contributed by atoms with Crippen molar-refractivity contribution in [3.63, 3.8) is 0 Å². The number of hydrogen-bond acceptors (Lipinski definition) is 4. The zero-order chi connectivity index (χ0) is 21.0. The minimum absolute atomic E-state index is 0.0523. The number of halogens is 1. The van der Waals surface area contributed by atoms with E-state index in [0.29, 0.717) is 23.0 Å². The van der Waals surface area contributed by atoms with Gasteiger partial charge < -0.3 is 19.7 Å². The fourth-order valence-electron chi connectivity index (χ4n) is 4.13. The van der Waals surface area contributed by atoms with Crippen molar-refractivity contribution in [2.24, 2.45) is 5.92 Å². The molecule has 1 N–H and O–H groups in total. The molecule has 2 amide bonds. The van der Waals surface area contributed by atoms with Crippen LogP contribution in [0.5, 0.6) is 11.5 Å². The van der Waals surface area contributed by atoms with E-state index in [0.717, 1.165) is 38.5 Å². The molecule has 6 nitrogen and oxygen atoms in total. The van der Waals surface area contributed by atoms with E-state index < -0.39 is 6.04 Å². The molecular weight excluding hydrogens is 392 g/mol. The summed E-state index contributed by atoms with van der Waals surface area (Å²) in [6, 6.07) is 4.85. The average Bonchev–Trinajstić information content (AvgIpc) is 3.57. The van der Waals surface area contributed by atoms with E-state index in [9.17, 15) is 9.59 Å². The topological polar surface area (TPSA) is 67.9 Å². The second kappa shape index (κ2) is 9.70. The molecule has 3 rings (SSSR count). The third kappa shape index (κ3) is 5.16. The van der Waals surface area contributed by atoms with Crippen LogP contribution in [0, 0.1) is 5.92 Å². The summed E-state index contributed by atoms with van der Waals surface area (Å²) in [5.74, 6) is 1.30. The first-order valence-corrected chi connectivity index (χ1v) is 10.9. The molecule has 0 bridgehead atoms. The number of nitrogens with one attached hydrogen (secondary N) is 1. The molecule has 1 aromatic rings. The predicted octanol–water partition coefficient (Wildman–Crippen LogP) is 3.67. The number of rotatable bonds is 8. The lowest BCUT2D eigenvalue weighted by molar-refractivity contribution is -0.140. The molecule has 0 saturated heterocycles. The number of carbonyl (C=O) groups excluding carboxylic acids is 2.